The lowest BCUT2D eigenvalue weighted by molar-refractivity contribution is 0.617. The van der Waals surface area contributed by atoms with E-state index < -0.39 is 0 Å². The summed E-state index contributed by atoms with van der Waals surface area (Å²) in [5, 5.41) is 7.65. The molecule has 0 spiro atoms. The van der Waals surface area contributed by atoms with Crippen LogP contribution in [-0.4, -0.2) is 16.3 Å². The van der Waals surface area contributed by atoms with Gasteiger partial charge in [0.05, 0.1) is 12.7 Å². The van der Waals surface area contributed by atoms with Gasteiger partial charge in [-0.15, -0.1) is 0 Å². The van der Waals surface area contributed by atoms with Gasteiger partial charge < -0.3 is 5.32 Å². The Bertz CT molecular complexity index is 534. The number of hydrogen-bond donors (Lipinski definition) is 1. The number of halogens is 1. The second kappa shape index (κ2) is 6.48. The van der Waals surface area contributed by atoms with Gasteiger partial charge >= 0.3 is 0 Å². The van der Waals surface area contributed by atoms with Crippen molar-refractivity contribution in [3.63, 3.8) is 0 Å². The van der Waals surface area contributed by atoms with Crippen molar-refractivity contribution in [3.8, 4) is 0 Å². The zero-order valence-corrected chi connectivity index (χ0v) is 11.5. The van der Waals surface area contributed by atoms with Crippen LogP contribution in [0.1, 0.15) is 30.0 Å². The topological polar surface area (TPSA) is 29.9 Å². The molecule has 0 fully saturated rings. The molecule has 3 nitrogen and oxygen atoms in total. The van der Waals surface area contributed by atoms with Gasteiger partial charge in [-0.25, -0.2) is 4.39 Å². The Balaban J connectivity index is 2.01. The Labute approximate surface area is 113 Å². The van der Waals surface area contributed by atoms with Crippen LogP contribution in [0, 0.1) is 12.7 Å². The summed E-state index contributed by atoms with van der Waals surface area (Å²) in [5.41, 5.74) is 3.21. The first-order chi connectivity index (χ1) is 9.19. The third kappa shape index (κ3) is 3.89. The zero-order chi connectivity index (χ0) is 13.7. The molecule has 0 unspecified atom stereocenters. The van der Waals surface area contributed by atoms with Gasteiger partial charge in [-0.2, -0.15) is 5.10 Å². The van der Waals surface area contributed by atoms with Crippen LogP contribution in [0.5, 0.6) is 0 Å². The van der Waals surface area contributed by atoms with Gasteiger partial charge in [0.1, 0.15) is 5.82 Å². The summed E-state index contributed by atoms with van der Waals surface area (Å²) >= 11 is 0. The molecule has 0 saturated heterocycles. The van der Waals surface area contributed by atoms with Gasteiger partial charge in [0.15, 0.2) is 0 Å². The summed E-state index contributed by atoms with van der Waals surface area (Å²) in [5.74, 6) is -0.197. The van der Waals surface area contributed by atoms with Crippen LogP contribution in [0.3, 0.4) is 0 Å². The van der Waals surface area contributed by atoms with Gasteiger partial charge in [0.2, 0.25) is 0 Å². The van der Waals surface area contributed by atoms with E-state index in [2.05, 4.69) is 17.3 Å². The second-order valence-electron chi connectivity index (χ2n) is 4.79. The third-order valence-corrected chi connectivity index (χ3v) is 3.09. The fraction of sp³-hybridized carbons (Fsp3) is 0.400. The molecule has 1 aromatic heterocycles. The van der Waals surface area contributed by atoms with Crippen molar-refractivity contribution in [2.24, 2.45) is 0 Å². The van der Waals surface area contributed by atoms with Gasteiger partial charge in [0, 0.05) is 18.3 Å². The van der Waals surface area contributed by atoms with Crippen LogP contribution in [0.25, 0.3) is 0 Å². The fourth-order valence-electron chi connectivity index (χ4n) is 1.98. The molecule has 1 N–H and O–H groups in total. The quantitative estimate of drug-likeness (QED) is 0.810. The van der Waals surface area contributed by atoms with Crippen LogP contribution in [0.15, 0.2) is 30.6 Å². The molecule has 2 aromatic rings. The molecule has 0 bridgehead atoms. The molecular formula is C15H20FN3. The average molecular weight is 261 g/mol. The summed E-state index contributed by atoms with van der Waals surface area (Å²) in [6.07, 6.45) is 4.99. The lowest BCUT2D eigenvalue weighted by Crippen LogP contribution is -2.13. The molecular weight excluding hydrogens is 241 g/mol. The van der Waals surface area contributed by atoms with E-state index in [1.54, 1.807) is 12.1 Å². The molecule has 0 aliphatic carbocycles. The van der Waals surface area contributed by atoms with Crippen molar-refractivity contribution >= 4 is 0 Å². The Hall–Kier alpha value is -1.68. The van der Waals surface area contributed by atoms with Crippen molar-refractivity contribution in [2.75, 3.05) is 6.54 Å². The van der Waals surface area contributed by atoms with Crippen LogP contribution in [0.2, 0.25) is 0 Å². The molecule has 0 radical (unpaired) electrons. The standard InChI is InChI=1S/C15H20FN3/c1-3-6-17-8-13-9-18-19(10-13)11-14-7-15(16)5-4-12(14)2/h4-5,7,9-10,17H,3,6,8,11H2,1-2H3. The first-order valence-corrected chi connectivity index (χ1v) is 6.66. The van der Waals surface area contributed by atoms with E-state index >= 15 is 0 Å². The highest BCUT2D eigenvalue weighted by Crippen LogP contribution is 2.12. The molecule has 102 valence electrons. The smallest absolute Gasteiger partial charge is 0.123 e. The predicted molar refractivity (Wildman–Crippen MR) is 74.5 cm³/mol. The largest absolute Gasteiger partial charge is 0.313 e. The van der Waals surface area contributed by atoms with Crippen LogP contribution in [0.4, 0.5) is 4.39 Å². The number of benzene rings is 1. The van der Waals surface area contributed by atoms with E-state index in [-0.39, 0.29) is 5.82 Å². The highest BCUT2D eigenvalue weighted by molar-refractivity contribution is 5.26. The Morgan fingerprint density at radius 3 is 3.00 bits per heavy atom. The summed E-state index contributed by atoms with van der Waals surface area (Å²) in [6, 6.07) is 4.87. The van der Waals surface area contributed by atoms with E-state index in [0.29, 0.717) is 6.54 Å². The predicted octanol–water partition coefficient (Wildman–Crippen LogP) is 2.88. The third-order valence-electron chi connectivity index (χ3n) is 3.09. The Morgan fingerprint density at radius 1 is 1.37 bits per heavy atom. The monoisotopic (exact) mass is 261 g/mol. The Morgan fingerprint density at radius 2 is 2.21 bits per heavy atom. The number of aromatic nitrogens is 2. The summed E-state index contributed by atoms with van der Waals surface area (Å²) in [6.45, 7) is 6.58. The number of aryl methyl sites for hydroxylation is 1. The van der Waals surface area contributed by atoms with Crippen LogP contribution in [-0.2, 0) is 13.1 Å². The van der Waals surface area contributed by atoms with E-state index in [9.17, 15) is 4.39 Å². The summed E-state index contributed by atoms with van der Waals surface area (Å²) in [7, 11) is 0. The van der Waals surface area contributed by atoms with E-state index in [4.69, 9.17) is 0 Å². The molecule has 1 aromatic carbocycles. The number of nitrogens with one attached hydrogen (secondary N) is 1. The van der Waals surface area contributed by atoms with Crippen molar-refractivity contribution in [1.82, 2.24) is 15.1 Å². The maximum Gasteiger partial charge on any atom is 0.123 e. The average Bonchev–Trinajstić information content (AvgIpc) is 2.82. The fourth-order valence-corrected chi connectivity index (χ4v) is 1.98. The number of nitrogens with zero attached hydrogens (tertiary/aromatic N) is 2. The molecule has 0 atom stereocenters. The van der Waals surface area contributed by atoms with E-state index in [1.807, 2.05) is 24.0 Å². The van der Waals surface area contributed by atoms with E-state index in [1.165, 1.54) is 6.07 Å². The molecule has 0 aliphatic rings. The zero-order valence-electron chi connectivity index (χ0n) is 11.5. The normalized spacial score (nSPS) is 10.9. The number of rotatable bonds is 6. The molecule has 1 heterocycles. The number of hydrogen-bond acceptors (Lipinski definition) is 2. The van der Waals surface area contributed by atoms with Crippen molar-refractivity contribution < 1.29 is 4.39 Å². The molecule has 0 saturated carbocycles. The minimum absolute atomic E-state index is 0.197. The highest BCUT2D eigenvalue weighted by Gasteiger charge is 2.03. The molecule has 19 heavy (non-hydrogen) atoms. The first-order valence-electron chi connectivity index (χ1n) is 6.66. The van der Waals surface area contributed by atoms with Crippen LogP contribution < -0.4 is 5.32 Å². The second-order valence-corrected chi connectivity index (χ2v) is 4.79. The van der Waals surface area contributed by atoms with Crippen LogP contribution >= 0.6 is 0 Å². The van der Waals surface area contributed by atoms with Gasteiger partial charge in [-0.05, 0) is 43.1 Å². The lowest BCUT2D eigenvalue weighted by Gasteiger charge is -2.06. The maximum atomic E-state index is 13.2. The highest BCUT2D eigenvalue weighted by atomic mass is 19.1. The summed E-state index contributed by atoms with van der Waals surface area (Å²) in [4.78, 5) is 0. The SMILES string of the molecule is CCCNCc1cnn(Cc2cc(F)ccc2C)c1. The van der Waals surface area contributed by atoms with Gasteiger partial charge in [0.25, 0.3) is 0 Å². The molecule has 2 rings (SSSR count). The van der Waals surface area contributed by atoms with Crippen molar-refractivity contribution in [3.05, 3.63) is 53.1 Å². The van der Waals surface area contributed by atoms with Crippen molar-refractivity contribution in [2.45, 2.75) is 33.4 Å². The molecule has 0 amide bonds. The molecule has 4 heteroatoms. The maximum absolute atomic E-state index is 13.2. The minimum Gasteiger partial charge on any atom is -0.313 e. The van der Waals surface area contributed by atoms with Crippen molar-refractivity contribution in [1.29, 1.82) is 0 Å². The van der Waals surface area contributed by atoms with Gasteiger partial charge in [-0.3, -0.25) is 4.68 Å². The lowest BCUT2D eigenvalue weighted by atomic mass is 10.1. The Kier molecular flexibility index (Phi) is 4.68. The molecule has 0 aliphatic heterocycles. The minimum atomic E-state index is -0.197. The van der Waals surface area contributed by atoms with E-state index in [0.717, 1.165) is 36.2 Å². The van der Waals surface area contributed by atoms with Gasteiger partial charge in [-0.1, -0.05) is 13.0 Å². The first kappa shape index (κ1) is 13.7. The summed E-state index contributed by atoms with van der Waals surface area (Å²) < 4.78 is 15.1.